The first-order valence-corrected chi connectivity index (χ1v) is 17.2. The van der Waals surface area contributed by atoms with Crippen molar-refractivity contribution in [2.45, 2.75) is 97.6 Å². The average Bonchev–Trinajstić information content (AvgIpc) is 3.50. The Morgan fingerprint density at radius 3 is 1.21 bits per heavy atom. The van der Waals surface area contributed by atoms with E-state index in [1.54, 1.807) is 0 Å². The topological polar surface area (TPSA) is 145 Å². The minimum absolute atomic E-state index is 0. The molecule has 1 radical (unpaired) electrons. The van der Waals surface area contributed by atoms with Crippen LogP contribution in [0.2, 0.25) is 0 Å². The largest absolute Gasteiger partial charge is 2.00 e. The van der Waals surface area contributed by atoms with E-state index in [2.05, 4.69) is 77.9 Å². The van der Waals surface area contributed by atoms with Crippen LogP contribution in [0.1, 0.15) is 96.9 Å². The summed E-state index contributed by atoms with van der Waals surface area (Å²) in [5, 5.41) is 40.3. The van der Waals surface area contributed by atoms with Crippen molar-refractivity contribution in [3.8, 4) is 33.8 Å². The van der Waals surface area contributed by atoms with Crippen molar-refractivity contribution in [1.82, 2.24) is 0 Å². The monoisotopic (exact) mass is 749 g/mol. The van der Waals surface area contributed by atoms with Crippen LogP contribution in [0.25, 0.3) is 22.3 Å². The first kappa shape index (κ1) is 43.4. The van der Waals surface area contributed by atoms with Crippen LogP contribution in [-0.2, 0) is 37.2 Å². The van der Waals surface area contributed by atoms with Crippen molar-refractivity contribution in [2.75, 3.05) is 0 Å². The van der Waals surface area contributed by atoms with Crippen molar-refractivity contribution < 1.29 is 46.8 Å². The Morgan fingerprint density at radius 1 is 0.615 bits per heavy atom. The van der Waals surface area contributed by atoms with Crippen LogP contribution >= 0.6 is 0 Å². The van der Waals surface area contributed by atoms with Gasteiger partial charge in [-0.05, 0) is 90.5 Å². The number of carbonyl (C=O) groups excluding carboxylic acids is 2. The molecule has 0 amide bonds. The van der Waals surface area contributed by atoms with Gasteiger partial charge in [-0.1, -0.05) is 102 Å². The summed E-state index contributed by atoms with van der Waals surface area (Å²) in [5.41, 5.74) is 7.16. The molecule has 2 atom stereocenters. The third kappa shape index (κ3) is 12.8. The van der Waals surface area contributed by atoms with Gasteiger partial charge in [0.25, 0.3) is 0 Å². The van der Waals surface area contributed by atoms with E-state index in [0.29, 0.717) is 0 Å². The summed E-state index contributed by atoms with van der Waals surface area (Å²) < 4.78 is 0. The molecule has 0 bridgehead atoms. The number of aromatic hydroxyl groups is 2. The van der Waals surface area contributed by atoms with Gasteiger partial charge in [-0.25, -0.2) is 0 Å². The molecule has 1 fully saturated rings. The van der Waals surface area contributed by atoms with Gasteiger partial charge in [-0.15, -0.1) is 0 Å². The van der Waals surface area contributed by atoms with Gasteiger partial charge in [0.15, 0.2) is 0 Å². The molecule has 0 aliphatic heterocycles. The van der Waals surface area contributed by atoms with Crippen LogP contribution < -0.4 is 10.2 Å². The molecule has 0 spiro atoms. The molecule has 0 aromatic heterocycles. The number of carbonyl (C=O) groups is 2. The number of phenols is 2. The van der Waals surface area contributed by atoms with Gasteiger partial charge in [0, 0.05) is 46.6 Å². The molecule has 277 valence electrons. The number of aliphatic carboxylic acids is 2. The Kier molecular flexibility index (Phi) is 16.0. The summed E-state index contributed by atoms with van der Waals surface area (Å²) >= 11 is 0. The summed E-state index contributed by atoms with van der Waals surface area (Å²) in [6.07, 6.45) is 6.58. The van der Waals surface area contributed by atoms with E-state index in [-0.39, 0.29) is 51.2 Å². The molecule has 1 saturated carbocycles. The second-order valence-corrected chi connectivity index (χ2v) is 14.8. The van der Waals surface area contributed by atoms with Crippen molar-refractivity contribution in [3.63, 3.8) is 0 Å². The summed E-state index contributed by atoms with van der Waals surface area (Å²) in [5.74, 6) is -1.60. The van der Waals surface area contributed by atoms with Crippen LogP contribution in [0.4, 0.5) is 0 Å². The molecule has 1 aliphatic carbocycles. The molecular weight excluding hydrogens is 699 g/mol. The summed E-state index contributed by atoms with van der Waals surface area (Å²) in [4.78, 5) is 27.8. The number of nitrogens with zero attached hydrogens (tertiary/aromatic N) is 2. The molecule has 8 nitrogen and oxygen atoms in total. The molecule has 2 unspecified atom stereocenters. The number of benzene rings is 4. The van der Waals surface area contributed by atoms with E-state index >= 15 is 0 Å². The normalized spacial score (nSPS) is 15.6. The number of carboxylic acid groups (broad SMARTS) is 2. The van der Waals surface area contributed by atoms with E-state index < -0.39 is 11.9 Å². The summed E-state index contributed by atoms with van der Waals surface area (Å²) in [6.45, 7) is 14.7. The molecular formula is C43H50CoN2O6. The number of aliphatic imine (C=N–C) groups is 2. The molecule has 4 aromatic rings. The SMILES string of the molecule is CC(=O)[O-].CC(=O)[O-].CC(C)(C)c1cc(-c2ccccc2)cc(C=NC2CCCC2N=Cc2cc(-c3ccccc3)cc(C(C)(C)C)c2O)c1O.[Co+2]. The molecule has 5 rings (SSSR count). The maximum atomic E-state index is 11.3. The zero-order chi connectivity index (χ0) is 37.9. The molecule has 4 aromatic carbocycles. The van der Waals surface area contributed by atoms with E-state index in [4.69, 9.17) is 29.8 Å². The maximum Gasteiger partial charge on any atom is 2.00 e. The first-order chi connectivity index (χ1) is 23.9. The maximum absolute atomic E-state index is 11.3. The molecule has 1 aliphatic rings. The summed E-state index contributed by atoms with van der Waals surface area (Å²) in [6, 6.07) is 28.8. The Bertz CT molecular complexity index is 1700. The zero-order valence-electron chi connectivity index (χ0n) is 31.3. The van der Waals surface area contributed by atoms with Gasteiger partial charge in [-0.2, -0.15) is 0 Å². The fourth-order valence-corrected chi connectivity index (χ4v) is 5.87. The first-order valence-electron chi connectivity index (χ1n) is 17.2. The number of carboxylic acids is 2. The van der Waals surface area contributed by atoms with Crippen LogP contribution in [0.15, 0.2) is 94.9 Å². The number of phenolic OH excluding ortho intramolecular Hbond substituents is 2. The third-order valence-electron chi connectivity index (χ3n) is 8.36. The van der Waals surface area contributed by atoms with E-state index in [1.807, 2.05) is 61.0 Å². The van der Waals surface area contributed by atoms with Gasteiger partial charge < -0.3 is 30.0 Å². The van der Waals surface area contributed by atoms with Crippen molar-refractivity contribution in [1.29, 1.82) is 0 Å². The molecule has 9 heteroatoms. The third-order valence-corrected chi connectivity index (χ3v) is 8.36. The van der Waals surface area contributed by atoms with Crippen LogP contribution in [0, 0.1) is 0 Å². The van der Waals surface area contributed by atoms with E-state index in [1.165, 1.54) is 0 Å². The predicted molar refractivity (Wildman–Crippen MR) is 202 cm³/mol. The van der Waals surface area contributed by atoms with E-state index in [9.17, 15) is 10.2 Å². The van der Waals surface area contributed by atoms with E-state index in [0.717, 1.165) is 77.6 Å². The minimum atomic E-state index is -1.08. The smallest absolute Gasteiger partial charge is 0.550 e. The van der Waals surface area contributed by atoms with Gasteiger partial charge in [0.05, 0.1) is 12.1 Å². The van der Waals surface area contributed by atoms with Gasteiger partial charge >= 0.3 is 16.8 Å². The predicted octanol–water partition coefficient (Wildman–Crippen LogP) is 7.00. The molecule has 0 heterocycles. The number of hydrogen-bond acceptors (Lipinski definition) is 8. The second kappa shape index (κ2) is 19.2. The molecule has 52 heavy (non-hydrogen) atoms. The Labute approximate surface area is 318 Å². The Balaban J connectivity index is 0.000000945. The van der Waals surface area contributed by atoms with Gasteiger partial charge in [0.1, 0.15) is 11.5 Å². The van der Waals surface area contributed by atoms with Crippen LogP contribution in [-0.4, -0.2) is 46.7 Å². The fourth-order valence-electron chi connectivity index (χ4n) is 5.87. The van der Waals surface area contributed by atoms with Gasteiger partial charge in [0.2, 0.25) is 0 Å². The summed E-state index contributed by atoms with van der Waals surface area (Å²) in [7, 11) is 0. The van der Waals surface area contributed by atoms with Gasteiger partial charge in [-0.3, -0.25) is 9.98 Å². The quantitative estimate of drug-likeness (QED) is 0.203. The number of rotatable bonds is 6. The minimum Gasteiger partial charge on any atom is -0.550 e. The second-order valence-electron chi connectivity index (χ2n) is 14.8. The van der Waals surface area contributed by atoms with Crippen LogP contribution in [0.5, 0.6) is 11.5 Å². The zero-order valence-corrected chi connectivity index (χ0v) is 32.3. The molecule has 0 saturated heterocycles. The Morgan fingerprint density at radius 2 is 0.923 bits per heavy atom. The van der Waals surface area contributed by atoms with Crippen LogP contribution in [0.3, 0.4) is 0 Å². The fraction of sp³-hybridized carbons (Fsp3) is 0.349. The average molecular weight is 750 g/mol. The number of hydrogen-bond donors (Lipinski definition) is 2. The Hall–Kier alpha value is -4.73. The standard InChI is InChI=1S/C39H44N2O2.2C2H4O2.Co/c1-38(2,3)32-22-28(26-14-9-7-10-15-26)20-30(36(32)42)24-40-34-18-13-19-35(34)41-25-31-21-29(27-16-11-8-12-17-27)23-33(37(31)43)39(4,5)6;2*1-2(3)4;/h7-12,14-17,20-25,34-35,42-43H,13,18-19H2,1-6H3;2*1H3,(H,3,4);/q;;;+2/p-2. The van der Waals surface area contributed by atoms with Crippen molar-refractivity contribution in [2.24, 2.45) is 9.98 Å². The van der Waals surface area contributed by atoms with Crippen molar-refractivity contribution in [3.05, 3.63) is 107 Å². The molecule has 2 N–H and O–H groups in total. The van der Waals surface area contributed by atoms with Crippen molar-refractivity contribution >= 4 is 24.4 Å².